The van der Waals surface area contributed by atoms with Gasteiger partial charge in [-0.25, -0.2) is 9.67 Å². The Morgan fingerprint density at radius 1 is 1.44 bits per heavy atom. The first kappa shape index (κ1) is 13.5. The summed E-state index contributed by atoms with van der Waals surface area (Å²) >= 11 is 0. The molecule has 2 atom stereocenters. The molecule has 102 valence electrons. The van der Waals surface area contributed by atoms with Gasteiger partial charge in [0.2, 0.25) is 0 Å². The Balaban J connectivity index is 2.03. The van der Waals surface area contributed by atoms with Crippen LogP contribution in [0.25, 0.3) is 0 Å². The summed E-state index contributed by atoms with van der Waals surface area (Å²) < 4.78 is 2.04. The van der Waals surface area contributed by atoms with E-state index in [1.165, 1.54) is 6.42 Å². The van der Waals surface area contributed by atoms with Crippen molar-refractivity contribution in [3.05, 3.63) is 12.2 Å². The minimum absolute atomic E-state index is 0.565. The van der Waals surface area contributed by atoms with Crippen LogP contribution in [0.15, 0.2) is 6.33 Å². The van der Waals surface area contributed by atoms with E-state index < -0.39 is 0 Å². The molecule has 1 aliphatic rings. The molecule has 1 aromatic heterocycles. The van der Waals surface area contributed by atoms with Crippen LogP contribution < -0.4 is 5.32 Å². The Morgan fingerprint density at radius 3 is 3.00 bits per heavy atom. The number of piperazine rings is 1. The van der Waals surface area contributed by atoms with E-state index in [9.17, 15) is 0 Å². The Labute approximate surface area is 110 Å². The molecule has 0 aliphatic carbocycles. The van der Waals surface area contributed by atoms with E-state index in [-0.39, 0.29) is 0 Å². The van der Waals surface area contributed by atoms with Crippen LogP contribution in [0.5, 0.6) is 0 Å². The zero-order chi connectivity index (χ0) is 13.0. The molecule has 18 heavy (non-hydrogen) atoms. The molecule has 0 radical (unpaired) electrons. The number of nitrogens with zero attached hydrogens (tertiary/aromatic N) is 4. The quantitative estimate of drug-likeness (QED) is 0.856. The summed E-state index contributed by atoms with van der Waals surface area (Å²) in [5.41, 5.74) is 0. The molecule has 1 fully saturated rings. The van der Waals surface area contributed by atoms with Gasteiger partial charge >= 0.3 is 0 Å². The van der Waals surface area contributed by atoms with E-state index in [2.05, 4.69) is 41.1 Å². The van der Waals surface area contributed by atoms with E-state index >= 15 is 0 Å². The zero-order valence-electron chi connectivity index (χ0n) is 11.8. The SMILES string of the molecule is CCCn1ncnc1CN1CC(C)NCC1CC. The molecule has 0 spiro atoms. The van der Waals surface area contributed by atoms with Crippen molar-refractivity contribution in [2.45, 2.75) is 58.8 Å². The van der Waals surface area contributed by atoms with Crippen LogP contribution >= 0.6 is 0 Å². The van der Waals surface area contributed by atoms with Crippen molar-refractivity contribution in [1.82, 2.24) is 25.0 Å². The summed E-state index contributed by atoms with van der Waals surface area (Å²) in [5, 5.41) is 7.85. The molecule has 1 aliphatic heterocycles. The highest BCUT2D eigenvalue weighted by atomic mass is 15.4. The van der Waals surface area contributed by atoms with E-state index in [0.29, 0.717) is 12.1 Å². The molecule has 5 heteroatoms. The summed E-state index contributed by atoms with van der Waals surface area (Å²) in [5.74, 6) is 1.10. The maximum Gasteiger partial charge on any atom is 0.141 e. The summed E-state index contributed by atoms with van der Waals surface area (Å²) in [6.45, 7) is 10.7. The van der Waals surface area contributed by atoms with Crippen molar-refractivity contribution in [2.75, 3.05) is 13.1 Å². The van der Waals surface area contributed by atoms with Gasteiger partial charge in [0.25, 0.3) is 0 Å². The molecule has 2 rings (SSSR count). The third-order valence-corrected chi connectivity index (χ3v) is 3.67. The van der Waals surface area contributed by atoms with E-state index in [1.807, 2.05) is 4.68 Å². The molecule has 1 saturated heterocycles. The first-order chi connectivity index (χ1) is 8.74. The van der Waals surface area contributed by atoms with Crippen molar-refractivity contribution in [3.8, 4) is 0 Å². The third kappa shape index (κ3) is 3.09. The van der Waals surface area contributed by atoms with E-state index in [1.54, 1.807) is 6.33 Å². The van der Waals surface area contributed by atoms with Crippen LogP contribution in [-0.2, 0) is 13.1 Å². The fourth-order valence-corrected chi connectivity index (χ4v) is 2.62. The minimum Gasteiger partial charge on any atom is -0.311 e. The van der Waals surface area contributed by atoms with Gasteiger partial charge in [-0.05, 0) is 19.8 Å². The lowest BCUT2D eigenvalue weighted by Crippen LogP contribution is -2.54. The van der Waals surface area contributed by atoms with Gasteiger partial charge in [0, 0.05) is 31.7 Å². The molecule has 2 heterocycles. The Morgan fingerprint density at radius 2 is 2.28 bits per heavy atom. The molecule has 1 aromatic rings. The lowest BCUT2D eigenvalue weighted by atomic mass is 10.1. The fraction of sp³-hybridized carbons (Fsp3) is 0.846. The van der Waals surface area contributed by atoms with Crippen LogP contribution in [-0.4, -0.2) is 44.8 Å². The molecule has 1 N–H and O–H groups in total. The fourth-order valence-electron chi connectivity index (χ4n) is 2.62. The number of rotatable bonds is 5. The molecule has 0 amide bonds. The van der Waals surface area contributed by atoms with Crippen molar-refractivity contribution >= 4 is 0 Å². The van der Waals surface area contributed by atoms with E-state index in [0.717, 1.165) is 38.4 Å². The average Bonchev–Trinajstić information content (AvgIpc) is 2.78. The van der Waals surface area contributed by atoms with Crippen molar-refractivity contribution in [3.63, 3.8) is 0 Å². The zero-order valence-corrected chi connectivity index (χ0v) is 11.8. The largest absolute Gasteiger partial charge is 0.311 e. The van der Waals surface area contributed by atoms with Crippen LogP contribution in [0.2, 0.25) is 0 Å². The minimum atomic E-state index is 0.565. The number of aryl methyl sites for hydroxylation is 1. The molecular formula is C13H25N5. The topological polar surface area (TPSA) is 46.0 Å². The monoisotopic (exact) mass is 251 g/mol. The Kier molecular flexibility index (Phi) is 4.72. The van der Waals surface area contributed by atoms with Gasteiger partial charge in [-0.1, -0.05) is 13.8 Å². The van der Waals surface area contributed by atoms with Gasteiger partial charge in [0.15, 0.2) is 0 Å². The number of hydrogen-bond acceptors (Lipinski definition) is 4. The van der Waals surface area contributed by atoms with Crippen molar-refractivity contribution in [2.24, 2.45) is 0 Å². The number of hydrogen-bond donors (Lipinski definition) is 1. The lowest BCUT2D eigenvalue weighted by molar-refractivity contribution is 0.119. The number of nitrogens with one attached hydrogen (secondary N) is 1. The Hall–Kier alpha value is -0.940. The van der Waals surface area contributed by atoms with E-state index in [4.69, 9.17) is 0 Å². The Bertz CT molecular complexity index is 362. The van der Waals surface area contributed by atoms with Gasteiger partial charge < -0.3 is 5.32 Å². The van der Waals surface area contributed by atoms with Gasteiger partial charge in [0.1, 0.15) is 12.2 Å². The van der Waals surface area contributed by atoms with Crippen LogP contribution in [0.4, 0.5) is 0 Å². The average molecular weight is 251 g/mol. The molecule has 0 aromatic carbocycles. The smallest absolute Gasteiger partial charge is 0.141 e. The molecule has 0 saturated carbocycles. The van der Waals surface area contributed by atoms with Gasteiger partial charge in [-0.3, -0.25) is 4.90 Å². The summed E-state index contributed by atoms with van der Waals surface area (Å²) in [6, 6.07) is 1.18. The second-order valence-electron chi connectivity index (χ2n) is 5.20. The second kappa shape index (κ2) is 6.29. The predicted octanol–water partition coefficient (Wildman–Crippen LogP) is 1.26. The first-order valence-corrected chi connectivity index (χ1v) is 7.08. The van der Waals surface area contributed by atoms with Gasteiger partial charge in [0.05, 0.1) is 6.54 Å². The molecule has 2 unspecified atom stereocenters. The summed E-state index contributed by atoms with van der Waals surface area (Å²) in [6.07, 6.45) is 3.96. The standard InChI is InChI=1S/C13H25N5/c1-4-6-18-13(15-10-16-18)9-17-8-11(3)14-7-12(17)5-2/h10-12,14H,4-9H2,1-3H3. The van der Waals surface area contributed by atoms with Crippen LogP contribution in [0, 0.1) is 0 Å². The predicted molar refractivity (Wildman–Crippen MR) is 72.3 cm³/mol. The highest BCUT2D eigenvalue weighted by Crippen LogP contribution is 2.13. The van der Waals surface area contributed by atoms with Crippen molar-refractivity contribution < 1.29 is 0 Å². The second-order valence-corrected chi connectivity index (χ2v) is 5.20. The highest BCUT2D eigenvalue weighted by molar-refractivity contribution is 4.90. The lowest BCUT2D eigenvalue weighted by Gasteiger charge is -2.38. The summed E-state index contributed by atoms with van der Waals surface area (Å²) in [7, 11) is 0. The molecule has 5 nitrogen and oxygen atoms in total. The van der Waals surface area contributed by atoms with Crippen molar-refractivity contribution in [1.29, 1.82) is 0 Å². The van der Waals surface area contributed by atoms with Gasteiger partial charge in [-0.15, -0.1) is 0 Å². The van der Waals surface area contributed by atoms with Crippen LogP contribution in [0.3, 0.4) is 0 Å². The third-order valence-electron chi connectivity index (χ3n) is 3.67. The van der Waals surface area contributed by atoms with Gasteiger partial charge in [-0.2, -0.15) is 5.10 Å². The molecule has 0 bridgehead atoms. The highest BCUT2D eigenvalue weighted by Gasteiger charge is 2.25. The first-order valence-electron chi connectivity index (χ1n) is 7.08. The maximum atomic E-state index is 4.41. The molecular weight excluding hydrogens is 226 g/mol. The number of aromatic nitrogens is 3. The maximum absolute atomic E-state index is 4.41. The summed E-state index contributed by atoms with van der Waals surface area (Å²) in [4.78, 5) is 6.95. The van der Waals surface area contributed by atoms with Crippen LogP contribution in [0.1, 0.15) is 39.4 Å². The normalized spacial score (nSPS) is 25.5.